The van der Waals surface area contributed by atoms with E-state index in [0.717, 1.165) is 4.57 Å². The molecular weight excluding hydrogens is 328 g/mol. The lowest BCUT2D eigenvalue weighted by atomic mass is 10.2. The minimum atomic E-state index is -0.518. The number of nitro groups is 1. The number of nitrogens with zero attached hydrogens (tertiary/aromatic N) is 5. The molecule has 0 radical (unpaired) electrons. The van der Waals surface area contributed by atoms with Gasteiger partial charge in [-0.2, -0.15) is 5.10 Å². The molecule has 0 saturated carbocycles. The summed E-state index contributed by atoms with van der Waals surface area (Å²) in [6.07, 6.45) is 2.66. The molecule has 1 amide bonds. The highest BCUT2D eigenvalue weighted by Gasteiger charge is 2.14. The van der Waals surface area contributed by atoms with E-state index in [1.807, 2.05) is 0 Å². The molecule has 10 nitrogen and oxygen atoms in total. The van der Waals surface area contributed by atoms with Crippen LogP contribution in [0.2, 0.25) is 0 Å². The number of amides is 1. The van der Waals surface area contributed by atoms with Gasteiger partial charge in [-0.3, -0.25) is 29.0 Å². The molecule has 0 unspecified atom stereocenters. The number of nitrogens with one attached hydrogen (secondary N) is 1. The molecule has 0 aliphatic carbocycles. The van der Waals surface area contributed by atoms with E-state index in [2.05, 4.69) is 15.4 Å². The Bertz CT molecular complexity index is 1050. The number of aromatic nitrogens is 4. The Morgan fingerprint density at radius 1 is 1.40 bits per heavy atom. The fourth-order valence-electron chi connectivity index (χ4n) is 2.42. The zero-order valence-corrected chi connectivity index (χ0v) is 13.5. The van der Waals surface area contributed by atoms with Gasteiger partial charge in [0.1, 0.15) is 18.3 Å². The fraction of sp³-hybridized carbons (Fsp3) is 0.200. The minimum absolute atomic E-state index is 0.0894. The number of carbonyl (C=O) groups excluding carboxylic acids is 1. The Labute approximate surface area is 140 Å². The lowest BCUT2D eigenvalue weighted by Gasteiger charge is -2.08. The molecule has 128 valence electrons. The molecule has 1 aromatic carbocycles. The predicted octanol–water partition coefficient (Wildman–Crippen LogP) is 0.985. The number of nitro benzene ring substituents is 1. The summed E-state index contributed by atoms with van der Waals surface area (Å²) in [5, 5.41) is 17.8. The molecule has 0 bridgehead atoms. The summed E-state index contributed by atoms with van der Waals surface area (Å²) in [7, 11) is 1.66. The molecule has 2 heterocycles. The van der Waals surface area contributed by atoms with Crippen LogP contribution in [0, 0.1) is 17.0 Å². The number of anilines is 1. The molecule has 1 N–H and O–H groups in total. The van der Waals surface area contributed by atoms with Crippen molar-refractivity contribution >= 4 is 28.3 Å². The van der Waals surface area contributed by atoms with Crippen molar-refractivity contribution in [3.8, 4) is 0 Å². The van der Waals surface area contributed by atoms with E-state index >= 15 is 0 Å². The molecule has 0 spiro atoms. The molecule has 10 heteroatoms. The Hall–Kier alpha value is -3.56. The van der Waals surface area contributed by atoms with Crippen molar-refractivity contribution in [1.82, 2.24) is 19.3 Å². The number of aryl methyl sites for hydroxylation is 2. The second-order valence-electron chi connectivity index (χ2n) is 5.49. The minimum Gasteiger partial charge on any atom is -0.324 e. The first-order chi connectivity index (χ1) is 11.9. The highest BCUT2D eigenvalue weighted by molar-refractivity contribution is 5.91. The van der Waals surface area contributed by atoms with Gasteiger partial charge in [0.2, 0.25) is 5.91 Å². The number of benzene rings is 1. The number of fused-ring (bicyclic) bond motifs is 1. The lowest BCUT2D eigenvalue weighted by molar-refractivity contribution is -0.385. The smallest absolute Gasteiger partial charge is 0.274 e. The van der Waals surface area contributed by atoms with Gasteiger partial charge in [0.15, 0.2) is 5.65 Å². The van der Waals surface area contributed by atoms with Crippen LogP contribution in [0.25, 0.3) is 11.0 Å². The van der Waals surface area contributed by atoms with Gasteiger partial charge in [-0.15, -0.1) is 0 Å². The zero-order valence-electron chi connectivity index (χ0n) is 13.5. The van der Waals surface area contributed by atoms with Crippen LogP contribution < -0.4 is 10.9 Å². The highest BCUT2D eigenvalue weighted by atomic mass is 16.6. The van der Waals surface area contributed by atoms with Crippen molar-refractivity contribution in [2.24, 2.45) is 7.05 Å². The molecular formula is C15H14N6O4. The first kappa shape index (κ1) is 16.3. The monoisotopic (exact) mass is 342 g/mol. The van der Waals surface area contributed by atoms with Crippen molar-refractivity contribution in [3.63, 3.8) is 0 Å². The van der Waals surface area contributed by atoms with Crippen molar-refractivity contribution in [1.29, 1.82) is 0 Å². The maximum atomic E-state index is 12.3. The zero-order chi connectivity index (χ0) is 18.1. The Morgan fingerprint density at radius 2 is 2.16 bits per heavy atom. The van der Waals surface area contributed by atoms with E-state index in [-0.39, 0.29) is 23.5 Å². The van der Waals surface area contributed by atoms with Gasteiger partial charge in [0, 0.05) is 24.4 Å². The molecule has 3 aromatic rings. The van der Waals surface area contributed by atoms with Crippen LogP contribution in [0.3, 0.4) is 0 Å². The van der Waals surface area contributed by atoms with E-state index in [9.17, 15) is 19.7 Å². The van der Waals surface area contributed by atoms with Crippen molar-refractivity contribution < 1.29 is 9.72 Å². The van der Waals surface area contributed by atoms with E-state index < -0.39 is 10.8 Å². The van der Waals surface area contributed by atoms with Crippen molar-refractivity contribution in [2.45, 2.75) is 13.5 Å². The molecule has 2 aromatic heterocycles. The summed E-state index contributed by atoms with van der Waals surface area (Å²) < 4.78 is 2.62. The quantitative estimate of drug-likeness (QED) is 0.556. The SMILES string of the molecule is Cc1ccc(NC(=O)Cn2cnc3c(cnn3C)c2=O)cc1[N+](=O)[O-]. The number of hydrogen-bond donors (Lipinski definition) is 1. The molecule has 0 fully saturated rings. The summed E-state index contributed by atoms with van der Waals surface area (Å²) >= 11 is 0. The topological polar surface area (TPSA) is 125 Å². The largest absolute Gasteiger partial charge is 0.324 e. The molecule has 0 atom stereocenters. The van der Waals surface area contributed by atoms with Gasteiger partial charge in [-0.25, -0.2) is 4.98 Å². The maximum absolute atomic E-state index is 12.3. The Kier molecular flexibility index (Phi) is 4.01. The van der Waals surface area contributed by atoms with Crippen molar-refractivity contribution in [2.75, 3.05) is 5.32 Å². The predicted molar refractivity (Wildman–Crippen MR) is 89.2 cm³/mol. The fourth-order valence-corrected chi connectivity index (χ4v) is 2.42. The molecule has 0 aliphatic rings. The second-order valence-corrected chi connectivity index (χ2v) is 5.49. The summed E-state index contributed by atoms with van der Waals surface area (Å²) in [5.74, 6) is -0.495. The van der Waals surface area contributed by atoms with Crippen LogP contribution in [0.4, 0.5) is 11.4 Å². The third-order valence-corrected chi connectivity index (χ3v) is 3.72. The summed E-state index contributed by atoms with van der Waals surface area (Å²) in [6, 6.07) is 4.38. The number of carbonyl (C=O) groups is 1. The third kappa shape index (κ3) is 3.09. The van der Waals surface area contributed by atoms with Gasteiger partial charge in [-0.05, 0) is 13.0 Å². The van der Waals surface area contributed by atoms with Crippen LogP contribution >= 0.6 is 0 Å². The second kappa shape index (κ2) is 6.15. The average Bonchev–Trinajstić information content (AvgIpc) is 2.93. The van der Waals surface area contributed by atoms with Crippen LogP contribution in [-0.2, 0) is 18.4 Å². The van der Waals surface area contributed by atoms with E-state index in [0.29, 0.717) is 16.6 Å². The van der Waals surface area contributed by atoms with Gasteiger partial charge in [0.05, 0.1) is 11.1 Å². The average molecular weight is 342 g/mol. The standard InChI is InChI=1S/C15H14N6O4/c1-9-3-4-10(5-12(9)21(24)25)18-13(22)7-20-8-16-14-11(15(20)23)6-17-19(14)2/h3-6,8H,7H2,1-2H3,(H,18,22). The molecule has 25 heavy (non-hydrogen) atoms. The number of hydrogen-bond acceptors (Lipinski definition) is 6. The third-order valence-electron chi connectivity index (χ3n) is 3.72. The van der Waals surface area contributed by atoms with E-state index in [4.69, 9.17) is 0 Å². The molecule has 0 saturated heterocycles. The van der Waals surface area contributed by atoms with Gasteiger partial charge >= 0.3 is 0 Å². The highest BCUT2D eigenvalue weighted by Crippen LogP contribution is 2.22. The van der Waals surface area contributed by atoms with Crippen LogP contribution in [-0.4, -0.2) is 30.2 Å². The normalized spacial score (nSPS) is 10.8. The Morgan fingerprint density at radius 3 is 2.88 bits per heavy atom. The van der Waals surface area contributed by atoms with Crippen molar-refractivity contribution in [3.05, 3.63) is 56.8 Å². The van der Waals surface area contributed by atoms with E-state index in [1.54, 1.807) is 26.1 Å². The van der Waals surface area contributed by atoms with Crippen LogP contribution in [0.5, 0.6) is 0 Å². The number of rotatable bonds is 4. The first-order valence-electron chi connectivity index (χ1n) is 7.29. The Balaban J connectivity index is 1.81. The molecule has 0 aliphatic heterocycles. The maximum Gasteiger partial charge on any atom is 0.274 e. The summed E-state index contributed by atoms with van der Waals surface area (Å²) in [6.45, 7) is 1.34. The molecule has 3 rings (SSSR count). The van der Waals surface area contributed by atoms with Gasteiger partial charge < -0.3 is 5.32 Å². The van der Waals surface area contributed by atoms with E-state index in [1.165, 1.54) is 23.3 Å². The lowest BCUT2D eigenvalue weighted by Crippen LogP contribution is -2.27. The summed E-state index contributed by atoms with van der Waals surface area (Å²) in [5.41, 5.74) is 0.726. The first-order valence-corrected chi connectivity index (χ1v) is 7.29. The van der Waals surface area contributed by atoms with Crippen LogP contribution in [0.1, 0.15) is 5.56 Å². The van der Waals surface area contributed by atoms with Gasteiger partial charge in [-0.1, -0.05) is 6.07 Å². The van der Waals surface area contributed by atoms with Crippen LogP contribution in [0.15, 0.2) is 35.5 Å². The van der Waals surface area contributed by atoms with Gasteiger partial charge in [0.25, 0.3) is 11.2 Å². The summed E-state index contributed by atoms with van der Waals surface area (Å²) in [4.78, 5) is 39.0.